The molecule has 3 aromatic rings. The highest BCUT2D eigenvalue weighted by molar-refractivity contribution is 5.95. The lowest BCUT2D eigenvalue weighted by Crippen LogP contribution is -2.14. The molecule has 0 atom stereocenters. The van der Waals surface area contributed by atoms with Crippen molar-refractivity contribution in [1.29, 1.82) is 0 Å². The minimum absolute atomic E-state index is 0.114. The summed E-state index contributed by atoms with van der Waals surface area (Å²) in [5.41, 5.74) is 4.53. The number of nitrogens with one attached hydrogen (secondary N) is 1. The highest BCUT2D eigenvalue weighted by Gasteiger charge is 2.17. The fraction of sp³-hybridized carbons (Fsp3) is 0.286. The standard InChI is InChI=1S/C21H19F2NO4/c1-26-17-6-5-15(10-19(17)28-21(22)23)24-20(25)9-14-11-27-18-8-13-4-2-3-12(13)7-16(14)18/h5-8,10-11,21H,2-4,9H2,1H3,(H,24,25). The summed E-state index contributed by atoms with van der Waals surface area (Å²) < 4.78 is 40.2. The minimum atomic E-state index is -2.99. The zero-order valence-electron chi connectivity index (χ0n) is 15.3. The number of hydrogen-bond acceptors (Lipinski definition) is 4. The van der Waals surface area contributed by atoms with Crippen molar-refractivity contribution in [3.63, 3.8) is 0 Å². The maximum Gasteiger partial charge on any atom is 0.387 e. The second-order valence-electron chi connectivity index (χ2n) is 6.70. The number of anilines is 1. The molecule has 28 heavy (non-hydrogen) atoms. The summed E-state index contributed by atoms with van der Waals surface area (Å²) in [5.74, 6) is -0.260. The molecule has 1 aromatic heterocycles. The van der Waals surface area contributed by atoms with E-state index in [1.54, 1.807) is 12.3 Å². The van der Waals surface area contributed by atoms with Gasteiger partial charge in [-0.3, -0.25) is 4.79 Å². The molecule has 0 saturated heterocycles. The molecule has 1 heterocycles. The SMILES string of the molecule is COc1ccc(NC(=O)Cc2coc3cc4c(cc23)CCC4)cc1OC(F)F. The Bertz CT molecular complexity index is 1030. The van der Waals surface area contributed by atoms with Crippen molar-refractivity contribution in [2.75, 3.05) is 12.4 Å². The van der Waals surface area contributed by atoms with E-state index in [2.05, 4.69) is 22.2 Å². The van der Waals surface area contributed by atoms with Gasteiger partial charge in [0.2, 0.25) is 5.91 Å². The number of benzene rings is 2. The quantitative estimate of drug-likeness (QED) is 0.665. The first-order valence-electron chi connectivity index (χ1n) is 8.98. The number of amides is 1. The molecule has 1 N–H and O–H groups in total. The van der Waals surface area contributed by atoms with Gasteiger partial charge in [0, 0.05) is 22.7 Å². The Balaban J connectivity index is 1.51. The molecular weight excluding hydrogens is 368 g/mol. The monoisotopic (exact) mass is 387 g/mol. The minimum Gasteiger partial charge on any atom is -0.493 e. The van der Waals surface area contributed by atoms with Crippen LogP contribution in [0.2, 0.25) is 0 Å². The number of carbonyl (C=O) groups excluding carboxylic acids is 1. The number of carbonyl (C=O) groups is 1. The van der Waals surface area contributed by atoms with Crippen LogP contribution in [0.1, 0.15) is 23.1 Å². The Morgan fingerprint density at radius 2 is 1.96 bits per heavy atom. The Morgan fingerprint density at radius 3 is 2.71 bits per heavy atom. The lowest BCUT2D eigenvalue weighted by molar-refractivity contribution is -0.115. The molecule has 0 aliphatic heterocycles. The zero-order chi connectivity index (χ0) is 19.7. The summed E-state index contributed by atoms with van der Waals surface area (Å²) in [6.45, 7) is -2.99. The van der Waals surface area contributed by atoms with Crippen LogP contribution >= 0.6 is 0 Å². The van der Waals surface area contributed by atoms with Crippen molar-refractivity contribution in [2.45, 2.75) is 32.3 Å². The smallest absolute Gasteiger partial charge is 0.387 e. The molecule has 2 aromatic carbocycles. The van der Waals surface area contributed by atoms with Gasteiger partial charge in [-0.2, -0.15) is 8.78 Å². The van der Waals surface area contributed by atoms with E-state index in [-0.39, 0.29) is 23.8 Å². The van der Waals surface area contributed by atoms with Crippen molar-refractivity contribution >= 4 is 22.6 Å². The number of ether oxygens (including phenoxy) is 2. The van der Waals surface area contributed by atoms with Gasteiger partial charge in [-0.05, 0) is 54.7 Å². The fourth-order valence-corrected chi connectivity index (χ4v) is 3.61. The van der Waals surface area contributed by atoms with Crippen LogP contribution in [-0.2, 0) is 24.1 Å². The van der Waals surface area contributed by atoms with Crippen LogP contribution in [0.4, 0.5) is 14.5 Å². The summed E-state index contributed by atoms with van der Waals surface area (Å²) in [6, 6.07) is 8.49. The normalized spacial score (nSPS) is 13.0. The fourth-order valence-electron chi connectivity index (χ4n) is 3.61. The van der Waals surface area contributed by atoms with Gasteiger partial charge >= 0.3 is 6.61 Å². The molecule has 1 aliphatic rings. The lowest BCUT2D eigenvalue weighted by atomic mass is 10.0. The van der Waals surface area contributed by atoms with Gasteiger partial charge in [0.05, 0.1) is 19.8 Å². The number of fused-ring (bicyclic) bond motifs is 2. The average Bonchev–Trinajstić information content (AvgIpc) is 3.26. The van der Waals surface area contributed by atoms with Gasteiger partial charge in [-0.25, -0.2) is 0 Å². The van der Waals surface area contributed by atoms with Gasteiger partial charge in [-0.15, -0.1) is 0 Å². The largest absolute Gasteiger partial charge is 0.493 e. The summed E-state index contributed by atoms with van der Waals surface area (Å²) in [5, 5.41) is 3.64. The predicted molar refractivity (Wildman–Crippen MR) is 100 cm³/mol. The van der Waals surface area contributed by atoms with Gasteiger partial charge < -0.3 is 19.2 Å². The topological polar surface area (TPSA) is 60.7 Å². The second kappa shape index (κ2) is 7.50. The number of hydrogen-bond donors (Lipinski definition) is 1. The molecule has 0 saturated carbocycles. The molecule has 0 bridgehead atoms. The highest BCUT2D eigenvalue weighted by atomic mass is 19.3. The summed E-state index contributed by atoms with van der Waals surface area (Å²) in [6.07, 6.45) is 4.95. The van der Waals surface area contributed by atoms with Crippen molar-refractivity contribution < 1.29 is 27.5 Å². The maximum absolute atomic E-state index is 12.6. The van der Waals surface area contributed by atoms with Crippen molar-refractivity contribution in [1.82, 2.24) is 0 Å². The van der Waals surface area contributed by atoms with Crippen molar-refractivity contribution in [3.8, 4) is 11.5 Å². The van der Waals surface area contributed by atoms with E-state index in [9.17, 15) is 13.6 Å². The van der Waals surface area contributed by atoms with Gasteiger partial charge in [0.1, 0.15) is 5.58 Å². The van der Waals surface area contributed by atoms with Crippen LogP contribution < -0.4 is 14.8 Å². The molecule has 146 valence electrons. The first-order chi connectivity index (χ1) is 13.5. The van der Waals surface area contributed by atoms with Gasteiger partial charge in [-0.1, -0.05) is 0 Å². The molecular formula is C21H19F2NO4. The van der Waals surface area contributed by atoms with E-state index >= 15 is 0 Å². The zero-order valence-corrected chi connectivity index (χ0v) is 15.3. The van der Waals surface area contributed by atoms with Crippen LogP contribution in [-0.4, -0.2) is 19.6 Å². The third kappa shape index (κ3) is 3.65. The molecule has 1 aliphatic carbocycles. The summed E-state index contributed by atoms with van der Waals surface area (Å²) >= 11 is 0. The number of halogens is 2. The summed E-state index contributed by atoms with van der Waals surface area (Å²) in [4.78, 5) is 12.5. The third-order valence-electron chi connectivity index (χ3n) is 4.88. The predicted octanol–water partition coefficient (Wildman–Crippen LogP) is 4.71. The first-order valence-corrected chi connectivity index (χ1v) is 8.98. The van der Waals surface area contributed by atoms with Crippen molar-refractivity contribution in [3.05, 3.63) is 53.3 Å². The molecule has 0 radical (unpaired) electrons. The van der Waals surface area contributed by atoms with Gasteiger partial charge in [0.25, 0.3) is 0 Å². The Labute approximate surface area is 160 Å². The Kier molecular flexibility index (Phi) is 4.90. The second-order valence-corrected chi connectivity index (χ2v) is 6.70. The lowest BCUT2D eigenvalue weighted by Gasteiger charge is -2.12. The molecule has 1 amide bonds. The average molecular weight is 387 g/mol. The van der Waals surface area contributed by atoms with E-state index in [4.69, 9.17) is 9.15 Å². The molecule has 4 rings (SSSR count). The van der Waals surface area contributed by atoms with Crippen LogP contribution in [0.15, 0.2) is 41.0 Å². The van der Waals surface area contributed by atoms with Crippen LogP contribution in [0, 0.1) is 0 Å². The van der Waals surface area contributed by atoms with E-state index in [1.807, 2.05) is 0 Å². The van der Waals surface area contributed by atoms with E-state index in [0.29, 0.717) is 5.69 Å². The molecule has 7 heteroatoms. The van der Waals surface area contributed by atoms with E-state index in [1.165, 1.54) is 30.4 Å². The number of methoxy groups -OCH3 is 1. The number of aryl methyl sites for hydroxylation is 2. The third-order valence-corrected chi connectivity index (χ3v) is 4.88. The van der Waals surface area contributed by atoms with Crippen LogP contribution in [0.25, 0.3) is 11.0 Å². The molecule has 0 fully saturated rings. The molecule has 0 spiro atoms. The summed E-state index contributed by atoms with van der Waals surface area (Å²) in [7, 11) is 1.35. The highest BCUT2D eigenvalue weighted by Crippen LogP contribution is 2.32. The van der Waals surface area contributed by atoms with E-state index in [0.717, 1.165) is 35.8 Å². The first kappa shape index (κ1) is 18.3. The van der Waals surface area contributed by atoms with Crippen LogP contribution in [0.3, 0.4) is 0 Å². The Hall–Kier alpha value is -3.09. The Morgan fingerprint density at radius 1 is 1.18 bits per heavy atom. The molecule has 0 unspecified atom stereocenters. The molecule has 5 nitrogen and oxygen atoms in total. The van der Waals surface area contributed by atoms with E-state index < -0.39 is 6.61 Å². The number of furan rings is 1. The van der Waals surface area contributed by atoms with Crippen molar-refractivity contribution in [2.24, 2.45) is 0 Å². The van der Waals surface area contributed by atoms with Gasteiger partial charge in [0.15, 0.2) is 11.5 Å². The number of rotatable bonds is 6. The number of alkyl halides is 2. The maximum atomic E-state index is 12.6. The van der Waals surface area contributed by atoms with Crippen LogP contribution in [0.5, 0.6) is 11.5 Å².